The van der Waals surface area contributed by atoms with Crippen LogP contribution in [-0.4, -0.2) is 28.9 Å². The summed E-state index contributed by atoms with van der Waals surface area (Å²) in [5.41, 5.74) is 0. The maximum absolute atomic E-state index is 10.2. The van der Waals surface area contributed by atoms with Gasteiger partial charge in [-0.15, -0.1) is 0 Å². The van der Waals surface area contributed by atoms with E-state index in [2.05, 4.69) is 11.7 Å². The summed E-state index contributed by atoms with van der Waals surface area (Å²) >= 11 is 0. The van der Waals surface area contributed by atoms with Crippen molar-refractivity contribution in [2.75, 3.05) is 13.2 Å². The zero-order valence-electron chi connectivity index (χ0n) is 6.55. The molecule has 0 heterocycles. The summed E-state index contributed by atoms with van der Waals surface area (Å²) in [6.07, 6.45) is 0. The SMILES string of the molecule is CC[SiH2]OCCOC(C)=O. The normalized spacial score (nSPS) is 10.6. The van der Waals surface area contributed by atoms with E-state index in [9.17, 15) is 4.79 Å². The number of carbonyl (C=O) groups excluding carboxylic acids is 1. The van der Waals surface area contributed by atoms with E-state index in [1.54, 1.807) is 0 Å². The van der Waals surface area contributed by atoms with Crippen LogP contribution in [0.25, 0.3) is 0 Å². The Morgan fingerprint density at radius 3 is 2.70 bits per heavy atom. The van der Waals surface area contributed by atoms with Gasteiger partial charge in [0.25, 0.3) is 0 Å². The van der Waals surface area contributed by atoms with Crippen LogP contribution in [-0.2, 0) is 14.0 Å². The summed E-state index contributed by atoms with van der Waals surface area (Å²) in [4.78, 5) is 10.2. The minimum Gasteiger partial charge on any atom is -0.463 e. The second-order valence-corrected chi connectivity index (χ2v) is 3.77. The van der Waals surface area contributed by atoms with Gasteiger partial charge in [0.05, 0.1) is 6.61 Å². The summed E-state index contributed by atoms with van der Waals surface area (Å²) in [7, 11) is -0.314. The van der Waals surface area contributed by atoms with Crippen molar-refractivity contribution in [2.24, 2.45) is 0 Å². The molecule has 0 aromatic heterocycles. The molecular weight excluding hydrogens is 148 g/mol. The highest BCUT2D eigenvalue weighted by molar-refractivity contribution is 6.26. The first-order chi connectivity index (χ1) is 4.77. The lowest BCUT2D eigenvalue weighted by Gasteiger charge is -2.01. The topological polar surface area (TPSA) is 35.5 Å². The van der Waals surface area contributed by atoms with E-state index in [1.807, 2.05) is 0 Å². The molecule has 0 saturated heterocycles. The maximum atomic E-state index is 10.2. The third-order valence-corrected chi connectivity index (χ3v) is 1.87. The molecule has 0 aliphatic heterocycles. The van der Waals surface area contributed by atoms with Crippen LogP contribution < -0.4 is 0 Å². The van der Waals surface area contributed by atoms with Crippen molar-refractivity contribution < 1.29 is 14.0 Å². The lowest BCUT2D eigenvalue weighted by Crippen LogP contribution is -2.08. The van der Waals surface area contributed by atoms with Crippen LogP contribution in [0.5, 0.6) is 0 Å². The Balaban J connectivity index is 2.84. The fraction of sp³-hybridized carbons (Fsp3) is 0.833. The summed E-state index contributed by atoms with van der Waals surface area (Å²) in [6.45, 7) is 4.47. The fourth-order valence-corrected chi connectivity index (χ4v) is 1.10. The van der Waals surface area contributed by atoms with Crippen molar-refractivity contribution in [1.29, 1.82) is 0 Å². The van der Waals surface area contributed by atoms with E-state index in [-0.39, 0.29) is 15.7 Å². The van der Waals surface area contributed by atoms with Gasteiger partial charge in [0.1, 0.15) is 6.61 Å². The van der Waals surface area contributed by atoms with Crippen LogP contribution in [0, 0.1) is 0 Å². The molecule has 0 fully saturated rings. The predicted molar refractivity (Wildman–Crippen MR) is 41.6 cm³/mol. The second kappa shape index (κ2) is 6.76. The molecule has 0 aromatic rings. The van der Waals surface area contributed by atoms with E-state index >= 15 is 0 Å². The molecule has 0 saturated carbocycles. The van der Waals surface area contributed by atoms with E-state index in [0.717, 1.165) is 6.04 Å². The second-order valence-electron chi connectivity index (χ2n) is 1.95. The molecule has 0 aliphatic carbocycles. The average molecular weight is 162 g/mol. The van der Waals surface area contributed by atoms with Gasteiger partial charge in [-0.2, -0.15) is 0 Å². The first kappa shape index (κ1) is 9.65. The van der Waals surface area contributed by atoms with Gasteiger partial charge in [0, 0.05) is 6.92 Å². The van der Waals surface area contributed by atoms with Crippen LogP contribution in [0.4, 0.5) is 0 Å². The van der Waals surface area contributed by atoms with Crippen LogP contribution in [0.2, 0.25) is 6.04 Å². The Morgan fingerprint density at radius 1 is 1.50 bits per heavy atom. The first-order valence-corrected chi connectivity index (χ1v) is 5.06. The molecule has 4 heteroatoms. The van der Waals surface area contributed by atoms with Crippen LogP contribution in [0.3, 0.4) is 0 Å². The molecule has 3 nitrogen and oxygen atoms in total. The third kappa shape index (κ3) is 7.65. The molecule has 0 unspecified atom stereocenters. The van der Waals surface area contributed by atoms with Crippen LogP contribution in [0.15, 0.2) is 0 Å². The van der Waals surface area contributed by atoms with Gasteiger partial charge in [-0.05, 0) is 6.04 Å². The molecule has 0 N–H and O–H groups in total. The van der Waals surface area contributed by atoms with E-state index in [0.29, 0.717) is 13.2 Å². The quantitative estimate of drug-likeness (QED) is 0.326. The van der Waals surface area contributed by atoms with Gasteiger partial charge < -0.3 is 9.16 Å². The largest absolute Gasteiger partial charge is 0.463 e. The number of hydrogen-bond donors (Lipinski definition) is 0. The number of esters is 1. The zero-order chi connectivity index (χ0) is 7.82. The molecule has 60 valence electrons. The molecule has 0 rings (SSSR count). The van der Waals surface area contributed by atoms with E-state index in [1.165, 1.54) is 6.92 Å². The Bertz CT molecular complexity index is 95.0. The number of carbonyl (C=O) groups is 1. The zero-order valence-corrected chi connectivity index (χ0v) is 7.97. The molecule has 0 amide bonds. The molecule has 0 bridgehead atoms. The van der Waals surface area contributed by atoms with E-state index in [4.69, 9.17) is 4.43 Å². The van der Waals surface area contributed by atoms with Crippen molar-refractivity contribution >= 4 is 15.7 Å². The molecule has 10 heavy (non-hydrogen) atoms. The van der Waals surface area contributed by atoms with Crippen molar-refractivity contribution in [3.05, 3.63) is 0 Å². The molecule has 0 radical (unpaired) electrons. The van der Waals surface area contributed by atoms with Crippen molar-refractivity contribution in [2.45, 2.75) is 19.9 Å². The monoisotopic (exact) mass is 162 g/mol. The summed E-state index contributed by atoms with van der Waals surface area (Å²) < 4.78 is 9.84. The van der Waals surface area contributed by atoms with Gasteiger partial charge in [0.15, 0.2) is 9.76 Å². The summed E-state index contributed by atoms with van der Waals surface area (Å²) in [6, 6.07) is 1.14. The van der Waals surface area contributed by atoms with Crippen LogP contribution in [0.1, 0.15) is 13.8 Å². The lowest BCUT2D eigenvalue weighted by molar-refractivity contribution is -0.141. The highest BCUT2D eigenvalue weighted by atomic mass is 28.2. The van der Waals surface area contributed by atoms with Crippen molar-refractivity contribution in [3.63, 3.8) is 0 Å². The lowest BCUT2D eigenvalue weighted by atomic mass is 10.7. The fourth-order valence-electron chi connectivity index (χ4n) is 0.491. The third-order valence-electron chi connectivity index (χ3n) is 0.881. The van der Waals surface area contributed by atoms with Gasteiger partial charge in [-0.1, -0.05) is 6.92 Å². The Labute approximate surface area is 63.7 Å². The molecule has 0 atom stereocenters. The number of rotatable bonds is 5. The average Bonchev–Trinajstić information content (AvgIpc) is 1.87. The van der Waals surface area contributed by atoms with E-state index < -0.39 is 0 Å². The smallest absolute Gasteiger partial charge is 0.302 e. The summed E-state index contributed by atoms with van der Waals surface area (Å²) in [5, 5.41) is 0. The van der Waals surface area contributed by atoms with Crippen molar-refractivity contribution in [1.82, 2.24) is 0 Å². The number of ether oxygens (including phenoxy) is 1. The molecule has 0 aliphatic rings. The van der Waals surface area contributed by atoms with Gasteiger partial charge in [-0.3, -0.25) is 4.79 Å². The first-order valence-electron chi connectivity index (χ1n) is 3.48. The van der Waals surface area contributed by atoms with Gasteiger partial charge in [0.2, 0.25) is 0 Å². The van der Waals surface area contributed by atoms with Gasteiger partial charge >= 0.3 is 5.97 Å². The maximum Gasteiger partial charge on any atom is 0.302 e. The molecule has 0 spiro atoms. The van der Waals surface area contributed by atoms with Gasteiger partial charge in [-0.25, -0.2) is 0 Å². The molecular formula is C6H14O3Si. The minimum atomic E-state index is -0.314. The Kier molecular flexibility index (Phi) is 6.52. The Hall–Kier alpha value is -0.353. The highest BCUT2D eigenvalue weighted by Gasteiger charge is 1.90. The molecule has 0 aromatic carbocycles. The predicted octanol–water partition coefficient (Wildman–Crippen LogP) is 0.0881. The highest BCUT2D eigenvalue weighted by Crippen LogP contribution is 1.80. The van der Waals surface area contributed by atoms with Crippen molar-refractivity contribution in [3.8, 4) is 0 Å². The summed E-state index contributed by atoms with van der Waals surface area (Å²) in [5.74, 6) is -0.234. The number of hydrogen-bond acceptors (Lipinski definition) is 3. The Morgan fingerprint density at radius 2 is 2.20 bits per heavy atom. The minimum absolute atomic E-state index is 0.234. The standard InChI is InChI=1S/C6H14O3Si/c1-3-10-9-5-4-8-6(2)7/h3-5,10H2,1-2H3. The van der Waals surface area contributed by atoms with Crippen LogP contribution >= 0.6 is 0 Å².